The molecule has 0 heterocycles. The van der Waals surface area contributed by atoms with Crippen LogP contribution in [0.3, 0.4) is 0 Å². The average Bonchev–Trinajstić information content (AvgIpc) is 2.14. The van der Waals surface area contributed by atoms with Crippen LogP contribution in [0, 0.1) is 11.3 Å². The van der Waals surface area contributed by atoms with Gasteiger partial charge in [-0.05, 0) is 20.8 Å². The molecule has 0 saturated carbocycles. The van der Waals surface area contributed by atoms with Gasteiger partial charge in [-0.25, -0.2) is 0 Å². The average molecular weight is 239 g/mol. The molecule has 0 aromatic heterocycles. The highest BCUT2D eigenvalue weighted by Crippen LogP contribution is 2.01. The van der Waals surface area contributed by atoms with E-state index >= 15 is 0 Å². The quantitative estimate of drug-likeness (QED) is 0.365. The number of nitrogens with one attached hydrogen (secondary N) is 2. The number of hydrogen-bond donors (Lipinski definition) is 3. The summed E-state index contributed by atoms with van der Waals surface area (Å²) in [6, 6.07) is 1.75. The van der Waals surface area contributed by atoms with Gasteiger partial charge in [0, 0.05) is 18.3 Å². The second kappa shape index (κ2) is 6.53. The van der Waals surface area contributed by atoms with Crippen molar-refractivity contribution in [2.45, 2.75) is 32.7 Å². The van der Waals surface area contributed by atoms with Gasteiger partial charge in [-0.2, -0.15) is 5.26 Å². The number of amides is 1. The maximum Gasteiger partial charge on any atom is 0.305 e. The summed E-state index contributed by atoms with van der Waals surface area (Å²) in [4.78, 5) is 21.8. The first-order valence-electron chi connectivity index (χ1n) is 5.14. The Balaban J connectivity index is 4.33. The molecule has 0 spiro atoms. The smallest absolute Gasteiger partial charge is 0.305 e. The van der Waals surface area contributed by atoms with Crippen molar-refractivity contribution in [1.82, 2.24) is 10.6 Å². The van der Waals surface area contributed by atoms with Crippen LogP contribution in [-0.2, 0) is 9.59 Å². The van der Waals surface area contributed by atoms with Gasteiger partial charge in [0.25, 0.3) is 5.91 Å². The zero-order valence-electron chi connectivity index (χ0n) is 10.2. The summed E-state index contributed by atoms with van der Waals surface area (Å²) < 4.78 is 0. The Labute approximate surface area is 100 Å². The molecule has 0 aromatic rings. The Hall–Kier alpha value is -2.03. The fraction of sp³-hybridized carbons (Fsp3) is 0.545. The third kappa shape index (κ3) is 7.85. The normalized spacial score (nSPS) is 11.5. The molecular formula is C11H17N3O3. The highest BCUT2D eigenvalue weighted by molar-refractivity contribution is 5.97. The van der Waals surface area contributed by atoms with Gasteiger partial charge in [0.1, 0.15) is 11.6 Å². The van der Waals surface area contributed by atoms with E-state index in [0.29, 0.717) is 0 Å². The predicted octanol–water partition coefficient (Wildman–Crippen LogP) is 0.373. The first kappa shape index (κ1) is 15.0. The predicted molar refractivity (Wildman–Crippen MR) is 61.8 cm³/mol. The van der Waals surface area contributed by atoms with Crippen LogP contribution in [0.4, 0.5) is 0 Å². The minimum Gasteiger partial charge on any atom is -0.481 e. The van der Waals surface area contributed by atoms with Crippen LogP contribution in [0.25, 0.3) is 0 Å². The Bertz CT molecular complexity index is 361. The molecule has 6 nitrogen and oxygen atoms in total. The summed E-state index contributed by atoms with van der Waals surface area (Å²) in [5, 5.41) is 22.4. The van der Waals surface area contributed by atoms with Crippen molar-refractivity contribution in [2.24, 2.45) is 0 Å². The van der Waals surface area contributed by atoms with Gasteiger partial charge in [-0.15, -0.1) is 0 Å². The molecule has 0 bridgehead atoms. The van der Waals surface area contributed by atoms with Gasteiger partial charge in [-0.1, -0.05) is 0 Å². The molecular weight excluding hydrogens is 222 g/mol. The van der Waals surface area contributed by atoms with Gasteiger partial charge in [0.2, 0.25) is 0 Å². The van der Waals surface area contributed by atoms with Crippen LogP contribution in [0.2, 0.25) is 0 Å². The van der Waals surface area contributed by atoms with E-state index in [9.17, 15) is 9.59 Å². The third-order valence-electron chi connectivity index (χ3n) is 1.58. The second-order valence-corrected chi connectivity index (χ2v) is 4.47. The van der Waals surface area contributed by atoms with E-state index in [4.69, 9.17) is 10.4 Å². The number of carboxylic acid groups (broad SMARTS) is 1. The molecule has 0 aliphatic heterocycles. The third-order valence-corrected chi connectivity index (χ3v) is 1.58. The molecule has 3 N–H and O–H groups in total. The maximum atomic E-state index is 11.6. The summed E-state index contributed by atoms with van der Waals surface area (Å²) in [7, 11) is 0. The van der Waals surface area contributed by atoms with Gasteiger partial charge in [0.05, 0.1) is 6.42 Å². The van der Waals surface area contributed by atoms with E-state index in [2.05, 4.69) is 10.6 Å². The zero-order valence-corrected chi connectivity index (χ0v) is 10.2. The number of aliphatic carboxylic acids is 1. The highest BCUT2D eigenvalue weighted by Gasteiger charge is 2.16. The van der Waals surface area contributed by atoms with Gasteiger partial charge >= 0.3 is 5.97 Å². The van der Waals surface area contributed by atoms with E-state index in [-0.39, 0.29) is 18.5 Å². The zero-order chi connectivity index (χ0) is 13.5. The summed E-state index contributed by atoms with van der Waals surface area (Å²) in [5.74, 6) is -1.42. The number of nitrogens with zero attached hydrogens (tertiary/aromatic N) is 1. The fourth-order valence-electron chi connectivity index (χ4n) is 0.910. The molecule has 17 heavy (non-hydrogen) atoms. The summed E-state index contributed by atoms with van der Waals surface area (Å²) in [6.07, 6.45) is 1.15. The van der Waals surface area contributed by atoms with Crippen LogP contribution in [-0.4, -0.2) is 29.1 Å². The van der Waals surface area contributed by atoms with Gasteiger partial charge in [-0.3, -0.25) is 9.59 Å². The lowest BCUT2D eigenvalue weighted by molar-refractivity contribution is -0.136. The fourth-order valence-corrected chi connectivity index (χ4v) is 0.910. The Morgan fingerprint density at radius 3 is 2.41 bits per heavy atom. The topological polar surface area (TPSA) is 102 Å². The Morgan fingerprint density at radius 2 is 2.00 bits per heavy atom. The van der Waals surface area contributed by atoms with E-state index in [0.717, 1.165) is 0 Å². The Morgan fingerprint density at radius 1 is 1.41 bits per heavy atom. The minimum absolute atomic E-state index is 0.0733. The van der Waals surface area contributed by atoms with Crippen LogP contribution >= 0.6 is 0 Å². The van der Waals surface area contributed by atoms with Crippen molar-refractivity contribution in [3.63, 3.8) is 0 Å². The molecule has 0 aliphatic carbocycles. The number of carbonyl (C=O) groups is 2. The van der Waals surface area contributed by atoms with E-state index in [1.165, 1.54) is 6.20 Å². The minimum atomic E-state index is -0.941. The standard InChI is InChI=1S/C11H17N3O3/c1-11(2,3)14-10(17)8(6-12)7-13-5-4-9(15)16/h7,13H,4-5H2,1-3H3,(H,14,17)(H,15,16)/b8-7-. The summed E-state index contributed by atoms with van der Waals surface area (Å²) in [6.45, 7) is 5.58. The highest BCUT2D eigenvalue weighted by atomic mass is 16.4. The summed E-state index contributed by atoms with van der Waals surface area (Å²) >= 11 is 0. The van der Waals surface area contributed by atoms with E-state index in [1.807, 2.05) is 0 Å². The van der Waals surface area contributed by atoms with Crippen molar-refractivity contribution in [3.05, 3.63) is 11.8 Å². The van der Waals surface area contributed by atoms with Crippen LogP contribution in [0.15, 0.2) is 11.8 Å². The monoisotopic (exact) mass is 239 g/mol. The van der Waals surface area contributed by atoms with E-state index in [1.54, 1.807) is 26.8 Å². The molecule has 0 rings (SSSR count). The SMILES string of the molecule is CC(C)(C)NC(=O)/C(C#N)=C\NCCC(=O)O. The number of carbonyl (C=O) groups excluding carboxylic acids is 1. The lowest BCUT2D eigenvalue weighted by atomic mass is 10.1. The molecule has 6 heteroatoms. The molecule has 0 aliphatic rings. The van der Waals surface area contributed by atoms with Crippen molar-refractivity contribution < 1.29 is 14.7 Å². The largest absolute Gasteiger partial charge is 0.481 e. The lowest BCUT2D eigenvalue weighted by Crippen LogP contribution is -2.41. The van der Waals surface area contributed by atoms with Crippen LogP contribution < -0.4 is 10.6 Å². The number of rotatable bonds is 5. The Kier molecular flexibility index (Phi) is 5.75. The molecule has 0 unspecified atom stereocenters. The van der Waals surface area contributed by atoms with Crippen LogP contribution in [0.5, 0.6) is 0 Å². The molecule has 0 fully saturated rings. The molecule has 0 radical (unpaired) electrons. The molecule has 94 valence electrons. The molecule has 0 saturated heterocycles. The lowest BCUT2D eigenvalue weighted by Gasteiger charge is -2.19. The maximum absolute atomic E-state index is 11.6. The van der Waals surface area contributed by atoms with Crippen molar-refractivity contribution in [1.29, 1.82) is 5.26 Å². The summed E-state index contributed by atoms with van der Waals surface area (Å²) in [5.41, 5.74) is -0.501. The van der Waals surface area contributed by atoms with Crippen molar-refractivity contribution in [3.8, 4) is 6.07 Å². The second-order valence-electron chi connectivity index (χ2n) is 4.47. The van der Waals surface area contributed by atoms with Crippen molar-refractivity contribution in [2.75, 3.05) is 6.54 Å². The molecule has 0 atom stereocenters. The first-order chi connectivity index (χ1) is 7.76. The van der Waals surface area contributed by atoms with E-state index < -0.39 is 17.4 Å². The first-order valence-corrected chi connectivity index (χ1v) is 5.14. The van der Waals surface area contributed by atoms with Crippen molar-refractivity contribution >= 4 is 11.9 Å². The molecule has 0 aromatic carbocycles. The van der Waals surface area contributed by atoms with Crippen LogP contribution in [0.1, 0.15) is 27.2 Å². The number of carboxylic acids is 1. The number of nitriles is 1. The molecule has 1 amide bonds. The van der Waals surface area contributed by atoms with Gasteiger partial charge < -0.3 is 15.7 Å². The number of hydrogen-bond acceptors (Lipinski definition) is 4. The van der Waals surface area contributed by atoms with Gasteiger partial charge in [0.15, 0.2) is 0 Å².